The minimum Gasteiger partial charge on any atom is -0.463 e. The summed E-state index contributed by atoms with van der Waals surface area (Å²) in [6, 6.07) is 0. The standard InChI is InChI=1S/C4H7NO5/c1-2-10-4(8)5(9)3(6)7/h9H,2H2,1H3,(H,6,7). The number of hydrogen-bond donors (Lipinski definition) is 2. The van der Waals surface area contributed by atoms with E-state index in [0.29, 0.717) is 0 Å². The quantitative estimate of drug-likeness (QED) is 0.419. The maximum Gasteiger partial charge on any atom is 0.444 e. The molecule has 0 fully saturated rings. The largest absolute Gasteiger partial charge is 0.463 e. The van der Waals surface area contributed by atoms with Gasteiger partial charge in [0.2, 0.25) is 0 Å². The van der Waals surface area contributed by atoms with E-state index >= 15 is 0 Å². The van der Waals surface area contributed by atoms with Gasteiger partial charge in [0, 0.05) is 0 Å². The van der Waals surface area contributed by atoms with E-state index in [4.69, 9.17) is 10.3 Å². The van der Waals surface area contributed by atoms with E-state index in [0.717, 1.165) is 0 Å². The predicted molar refractivity (Wildman–Crippen MR) is 28.7 cm³/mol. The van der Waals surface area contributed by atoms with Crippen molar-refractivity contribution in [2.75, 3.05) is 6.61 Å². The van der Waals surface area contributed by atoms with E-state index in [-0.39, 0.29) is 6.61 Å². The molecule has 0 rings (SSSR count). The summed E-state index contributed by atoms with van der Waals surface area (Å²) < 4.78 is 4.12. The van der Waals surface area contributed by atoms with Crippen molar-refractivity contribution in [3.05, 3.63) is 0 Å². The van der Waals surface area contributed by atoms with Gasteiger partial charge < -0.3 is 9.84 Å². The summed E-state index contributed by atoms with van der Waals surface area (Å²) in [5.74, 6) is 0. The first-order valence-electron chi connectivity index (χ1n) is 2.48. The van der Waals surface area contributed by atoms with E-state index in [2.05, 4.69) is 4.74 Å². The molecule has 2 N–H and O–H groups in total. The molecule has 0 bridgehead atoms. The highest BCUT2D eigenvalue weighted by atomic mass is 16.7. The van der Waals surface area contributed by atoms with Crippen molar-refractivity contribution >= 4 is 12.2 Å². The van der Waals surface area contributed by atoms with E-state index in [1.54, 1.807) is 0 Å². The first-order valence-corrected chi connectivity index (χ1v) is 2.48. The van der Waals surface area contributed by atoms with Crippen LogP contribution in [0.2, 0.25) is 0 Å². The number of imide groups is 1. The summed E-state index contributed by atoms with van der Waals surface area (Å²) in [7, 11) is 0. The second-order valence-electron chi connectivity index (χ2n) is 1.29. The maximum absolute atomic E-state index is 10.3. The summed E-state index contributed by atoms with van der Waals surface area (Å²) in [5, 5.41) is 15.7. The van der Waals surface area contributed by atoms with E-state index in [1.165, 1.54) is 6.92 Å². The fraction of sp³-hybridized carbons (Fsp3) is 0.500. The molecule has 6 heteroatoms. The van der Waals surface area contributed by atoms with Crippen LogP contribution in [-0.4, -0.2) is 34.2 Å². The number of nitrogens with zero attached hydrogens (tertiary/aromatic N) is 1. The zero-order valence-electron chi connectivity index (χ0n) is 5.27. The van der Waals surface area contributed by atoms with Crippen LogP contribution in [0, 0.1) is 0 Å². The third kappa shape index (κ3) is 2.31. The van der Waals surface area contributed by atoms with Crippen molar-refractivity contribution in [3.8, 4) is 0 Å². The zero-order valence-corrected chi connectivity index (χ0v) is 5.27. The van der Waals surface area contributed by atoms with Crippen LogP contribution in [0.5, 0.6) is 0 Å². The molecule has 58 valence electrons. The Kier molecular flexibility index (Phi) is 3.20. The van der Waals surface area contributed by atoms with Gasteiger partial charge in [0.15, 0.2) is 0 Å². The number of amides is 2. The molecule has 0 spiro atoms. The van der Waals surface area contributed by atoms with E-state index in [9.17, 15) is 9.59 Å². The first kappa shape index (κ1) is 8.70. The molecule has 0 heterocycles. The molecule has 0 aromatic rings. The maximum atomic E-state index is 10.3. The Morgan fingerprint density at radius 2 is 2.10 bits per heavy atom. The molecule has 10 heavy (non-hydrogen) atoms. The van der Waals surface area contributed by atoms with E-state index in [1.807, 2.05) is 0 Å². The third-order valence-electron chi connectivity index (χ3n) is 0.622. The number of hydrogen-bond acceptors (Lipinski definition) is 4. The highest BCUT2D eigenvalue weighted by Crippen LogP contribution is 1.88. The number of carbonyl (C=O) groups excluding carboxylic acids is 1. The van der Waals surface area contributed by atoms with Crippen LogP contribution in [0.25, 0.3) is 0 Å². The Morgan fingerprint density at radius 1 is 1.60 bits per heavy atom. The molecule has 0 unspecified atom stereocenters. The molecule has 0 atom stereocenters. The fourth-order valence-electron chi connectivity index (χ4n) is 0.263. The lowest BCUT2D eigenvalue weighted by atomic mass is 10.8. The third-order valence-corrected chi connectivity index (χ3v) is 0.622. The SMILES string of the molecule is CCOC(=O)N(O)C(=O)O. The Hall–Kier alpha value is -1.30. The lowest BCUT2D eigenvalue weighted by molar-refractivity contribution is -0.0521. The molecule has 0 saturated carbocycles. The Bertz CT molecular complexity index is 145. The minimum absolute atomic E-state index is 0.0170. The number of carbonyl (C=O) groups is 2. The highest BCUT2D eigenvalue weighted by molar-refractivity contribution is 5.84. The summed E-state index contributed by atoms with van der Waals surface area (Å²) in [5.41, 5.74) is 0. The lowest BCUT2D eigenvalue weighted by Crippen LogP contribution is -2.32. The molecule has 0 aliphatic rings. The number of ether oxygens (including phenoxy) is 1. The molecule has 0 saturated heterocycles. The summed E-state index contributed by atoms with van der Waals surface area (Å²) in [6.07, 6.45) is -3.06. The van der Waals surface area contributed by atoms with Gasteiger partial charge in [-0.3, -0.25) is 5.21 Å². The lowest BCUT2D eigenvalue weighted by Gasteiger charge is -2.06. The van der Waals surface area contributed by atoms with E-state index < -0.39 is 17.2 Å². The van der Waals surface area contributed by atoms with Gasteiger partial charge in [-0.25, -0.2) is 9.59 Å². The molecular formula is C4H7NO5. The van der Waals surface area contributed by atoms with Crippen LogP contribution in [0.15, 0.2) is 0 Å². The van der Waals surface area contributed by atoms with Crippen molar-refractivity contribution in [2.45, 2.75) is 6.92 Å². The molecule has 6 nitrogen and oxygen atoms in total. The molecular weight excluding hydrogens is 142 g/mol. The monoisotopic (exact) mass is 149 g/mol. The molecule has 0 radical (unpaired) electrons. The summed E-state index contributed by atoms with van der Waals surface area (Å²) in [6.45, 7) is 1.51. The van der Waals surface area contributed by atoms with Crippen molar-refractivity contribution in [1.82, 2.24) is 5.06 Å². The molecule has 2 amide bonds. The normalized spacial score (nSPS) is 8.60. The van der Waals surface area contributed by atoms with Crippen LogP contribution in [-0.2, 0) is 4.74 Å². The van der Waals surface area contributed by atoms with Crippen LogP contribution in [0.1, 0.15) is 6.92 Å². The fourth-order valence-corrected chi connectivity index (χ4v) is 0.263. The van der Waals surface area contributed by atoms with Crippen LogP contribution < -0.4 is 0 Å². The van der Waals surface area contributed by atoms with Gasteiger partial charge in [-0.2, -0.15) is 0 Å². The van der Waals surface area contributed by atoms with Crippen LogP contribution in [0.3, 0.4) is 0 Å². The second-order valence-corrected chi connectivity index (χ2v) is 1.29. The Labute approximate surface area is 56.6 Å². The van der Waals surface area contributed by atoms with Gasteiger partial charge in [-0.05, 0) is 6.92 Å². The van der Waals surface area contributed by atoms with Crippen molar-refractivity contribution in [2.24, 2.45) is 0 Å². The van der Waals surface area contributed by atoms with Crippen molar-refractivity contribution in [1.29, 1.82) is 0 Å². The van der Waals surface area contributed by atoms with Gasteiger partial charge in [0.05, 0.1) is 6.61 Å². The van der Waals surface area contributed by atoms with Crippen molar-refractivity contribution in [3.63, 3.8) is 0 Å². The van der Waals surface area contributed by atoms with Gasteiger partial charge in [0.25, 0.3) is 0 Å². The predicted octanol–water partition coefficient (Wildman–Crippen LogP) is 0.512. The zero-order chi connectivity index (χ0) is 8.15. The second kappa shape index (κ2) is 3.67. The first-order chi connectivity index (χ1) is 4.59. The number of rotatable bonds is 1. The number of hydroxylamine groups is 2. The average molecular weight is 149 g/mol. The smallest absolute Gasteiger partial charge is 0.444 e. The summed E-state index contributed by atoms with van der Waals surface area (Å²) >= 11 is 0. The topological polar surface area (TPSA) is 87.1 Å². The summed E-state index contributed by atoms with van der Waals surface area (Å²) in [4.78, 5) is 20.0. The van der Waals surface area contributed by atoms with Gasteiger partial charge in [0.1, 0.15) is 0 Å². The van der Waals surface area contributed by atoms with Gasteiger partial charge in [-0.1, -0.05) is 5.06 Å². The molecule has 0 aromatic carbocycles. The van der Waals surface area contributed by atoms with Gasteiger partial charge >= 0.3 is 12.2 Å². The Morgan fingerprint density at radius 3 is 2.40 bits per heavy atom. The van der Waals surface area contributed by atoms with Crippen LogP contribution >= 0.6 is 0 Å². The molecule has 0 aliphatic carbocycles. The number of carboxylic acid groups (broad SMARTS) is 1. The minimum atomic E-state index is -1.77. The Balaban J connectivity index is 3.82. The van der Waals surface area contributed by atoms with Crippen molar-refractivity contribution < 1.29 is 24.6 Å². The highest BCUT2D eigenvalue weighted by Gasteiger charge is 2.18. The molecule has 0 aliphatic heterocycles. The molecule has 0 aromatic heterocycles. The average Bonchev–Trinajstić information content (AvgIpc) is 1.87. The van der Waals surface area contributed by atoms with Crippen LogP contribution in [0.4, 0.5) is 9.59 Å². The van der Waals surface area contributed by atoms with Gasteiger partial charge in [-0.15, -0.1) is 0 Å².